The number of hydrogen-bond acceptors (Lipinski definition) is 5. The first-order chi connectivity index (χ1) is 15.6. The molecule has 0 spiro atoms. The highest BCUT2D eigenvalue weighted by molar-refractivity contribution is 5.95. The Morgan fingerprint density at radius 1 is 0.938 bits per heavy atom. The number of carbonyl (C=O) groups is 2. The van der Waals surface area contributed by atoms with Crippen molar-refractivity contribution in [2.24, 2.45) is 0 Å². The zero-order valence-electron chi connectivity index (χ0n) is 17.6. The van der Waals surface area contributed by atoms with Gasteiger partial charge in [-0.2, -0.15) is 9.78 Å². The summed E-state index contributed by atoms with van der Waals surface area (Å²) in [6, 6.07) is 23.8. The zero-order chi connectivity index (χ0) is 22.3. The lowest BCUT2D eigenvalue weighted by molar-refractivity contribution is 0.0837. The van der Waals surface area contributed by atoms with E-state index in [1.165, 1.54) is 4.68 Å². The molecule has 32 heavy (non-hydrogen) atoms. The lowest BCUT2D eigenvalue weighted by Crippen LogP contribution is -2.41. The van der Waals surface area contributed by atoms with Crippen LogP contribution in [0, 0.1) is 0 Å². The summed E-state index contributed by atoms with van der Waals surface area (Å²) >= 11 is 0. The van der Waals surface area contributed by atoms with Gasteiger partial charge in [0.05, 0.1) is 11.7 Å². The third-order valence-corrected chi connectivity index (χ3v) is 4.92. The minimum absolute atomic E-state index is 0.125. The normalized spacial score (nSPS) is 11.7. The summed E-state index contributed by atoms with van der Waals surface area (Å²) in [4.78, 5) is 25.0. The van der Waals surface area contributed by atoms with Crippen LogP contribution in [0.5, 0.6) is 5.75 Å². The molecule has 0 saturated carbocycles. The second-order valence-electron chi connectivity index (χ2n) is 7.32. The zero-order valence-corrected chi connectivity index (χ0v) is 17.6. The van der Waals surface area contributed by atoms with Crippen LogP contribution < -0.4 is 10.1 Å². The standard InChI is InChI=1S/C25H23N3O4/c1-18(27-25(30)32-17-20-10-6-3-7-11-20)24(29)28-23-14-22(13-12-21(23)15-26-28)31-16-19-8-4-2-5-9-19/h2-15,18H,16-17H2,1H3,(H,27,30)/t18-/m0/s1. The van der Waals surface area contributed by atoms with E-state index in [0.29, 0.717) is 17.9 Å². The van der Waals surface area contributed by atoms with Gasteiger partial charge in [-0.1, -0.05) is 60.7 Å². The van der Waals surface area contributed by atoms with Gasteiger partial charge in [0.1, 0.15) is 25.0 Å². The number of amides is 1. The van der Waals surface area contributed by atoms with Crippen molar-refractivity contribution in [3.63, 3.8) is 0 Å². The highest BCUT2D eigenvalue weighted by atomic mass is 16.5. The second kappa shape index (κ2) is 9.78. The lowest BCUT2D eigenvalue weighted by atomic mass is 10.2. The Hall–Kier alpha value is -4.13. The molecule has 1 atom stereocenters. The van der Waals surface area contributed by atoms with Crippen LogP contribution in [-0.4, -0.2) is 27.8 Å². The van der Waals surface area contributed by atoms with Crippen molar-refractivity contribution in [3.05, 3.63) is 96.2 Å². The number of carbonyl (C=O) groups excluding carboxylic acids is 2. The van der Waals surface area contributed by atoms with Crippen molar-refractivity contribution >= 4 is 22.9 Å². The molecule has 7 nitrogen and oxygen atoms in total. The van der Waals surface area contributed by atoms with Crippen LogP contribution in [-0.2, 0) is 18.0 Å². The van der Waals surface area contributed by atoms with E-state index in [0.717, 1.165) is 16.5 Å². The van der Waals surface area contributed by atoms with Gasteiger partial charge in [-0.25, -0.2) is 4.79 Å². The minimum Gasteiger partial charge on any atom is -0.489 e. The molecule has 1 N–H and O–H groups in total. The Bertz CT molecular complexity index is 1210. The van der Waals surface area contributed by atoms with Crippen LogP contribution in [0.25, 0.3) is 10.9 Å². The Labute approximate surface area is 185 Å². The number of nitrogens with one attached hydrogen (secondary N) is 1. The number of ether oxygens (including phenoxy) is 2. The molecule has 0 aliphatic rings. The maximum Gasteiger partial charge on any atom is 0.408 e. The van der Waals surface area contributed by atoms with E-state index in [9.17, 15) is 9.59 Å². The summed E-state index contributed by atoms with van der Waals surface area (Å²) < 4.78 is 12.3. The number of fused-ring (bicyclic) bond motifs is 1. The first-order valence-electron chi connectivity index (χ1n) is 10.3. The first kappa shape index (κ1) is 21.1. The van der Waals surface area contributed by atoms with Crippen molar-refractivity contribution in [3.8, 4) is 5.75 Å². The molecule has 0 bridgehead atoms. The maximum atomic E-state index is 12.9. The second-order valence-corrected chi connectivity index (χ2v) is 7.32. The molecule has 1 aromatic heterocycles. The fraction of sp³-hybridized carbons (Fsp3) is 0.160. The average Bonchev–Trinajstić information content (AvgIpc) is 3.25. The van der Waals surface area contributed by atoms with Crippen molar-refractivity contribution in [1.82, 2.24) is 15.1 Å². The molecular formula is C25H23N3O4. The highest BCUT2D eigenvalue weighted by Crippen LogP contribution is 2.22. The molecule has 0 radical (unpaired) electrons. The monoisotopic (exact) mass is 429 g/mol. The van der Waals surface area contributed by atoms with E-state index >= 15 is 0 Å². The van der Waals surface area contributed by atoms with Crippen LogP contribution in [0.4, 0.5) is 4.79 Å². The predicted molar refractivity (Wildman–Crippen MR) is 120 cm³/mol. The number of benzene rings is 3. The molecule has 0 aliphatic heterocycles. The molecule has 0 unspecified atom stereocenters. The van der Waals surface area contributed by atoms with Crippen molar-refractivity contribution < 1.29 is 19.1 Å². The third-order valence-electron chi connectivity index (χ3n) is 4.92. The smallest absolute Gasteiger partial charge is 0.408 e. The quantitative estimate of drug-likeness (QED) is 0.465. The van der Waals surface area contributed by atoms with E-state index < -0.39 is 12.1 Å². The van der Waals surface area contributed by atoms with E-state index in [1.807, 2.05) is 72.8 Å². The molecule has 4 aromatic rings. The van der Waals surface area contributed by atoms with Gasteiger partial charge in [-0.05, 0) is 30.2 Å². The number of alkyl carbamates (subject to hydrolysis) is 1. The number of hydrogen-bond donors (Lipinski definition) is 1. The average molecular weight is 429 g/mol. The van der Waals surface area contributed by atoms with E-state index in [-0.39, 0.29) is 12.5 Å². The van der Waals surface area contributed by atoms with Crippen LogP contribution >= 0.6 is 0 Å². The van der Waals surface area contributed by atoms with E-state index in [2.05, 4.69) is 10.4 Å². The summed E-state index contributed by atoms with van der Waals surface area (Å²) in [5.41, 5.74) is 2.51. The lowest BCUT2D eigenvalue weighted by Gasteiger charge is -2.14. The molecule has 1 amide bonds. The molecular weight excluding hydrogens is 406 g/mol. The largest absolute Gasteiger partial charge is 0.489 e. The fourth-order valence-corrected chi connectivity index (χ4v) is 3.19. The van der Waals surface area contributed by atoms with E-state index in [4.69, 9.17) is 9.47 Å². The van der Waals surface area contributed by atoms with Crippen LogP contribution in [0.2, 0.25) is 0 Å². The maximum absolute atomic E-state index is 12.9. The summed E-state index contributed by atoms with van der Waals surface area (Å²) in [5, 5.41) is 7.55. The SMILES string of the molecule is C[C@H](NC(=O)OCc1ccccc1)C(=O)n1ncc2ccc(OCc3ccccc3)cc21. The van der Waals surface area contributed by atoms with Gasteiger partial charge >= 0.3 is 6.09 Å². The summed E-state index contributed by atoms with van der Waals surface area (Å²) in [6.07, 6.45) is 0.937. The van der Waals surface area contributed by atoms with Gasteiger partial charge in [0.15, 0.2) is 0 Å². The van der Waals surface area contributed by atoms with Gasteiger partial charge < -0.3 is 14.8 Å². The summed E-state index contributed by atoms with van der Waals surface area (Å²) in [6.45, 7) is 2.13. The van der Waals surface area contributed by atoms with E-state index in [1.54, 1.807) is 19.2 Å². The molecule has 4 rings (SSSR count). The van der Waals surface area contributed by atoms with Crippen LogP contribution in [0.15, 0.2) is 85.1 Å². The highest BCUT2D eigenvalue weighted by Gasteiger charge is 2.21. The van der Waals surface area contributed by atoms with Crippen LogP contribution in [0.1, 0.15) is 22.8 Å². The molecule has 1 heterocycles. The Balaban J connectivity index is 1.40. The Kier molecular flexibility index (Phi) is 6.46. The predicted octanol–water partition coefficient (Wildman–Crippen LogP) is 4.57. The van der Waals surface area contributed by atoms with Gasteiger partial charge in [0.2, 0.25) is 0 Å². The molecule has 162 valence electrons. The topological polar surface area (TPSA) is 82.5 Å². The van der Waals surface area contributed by atoms with Crippen molar-refractivity contribution in [2.75, 3.05) is 0 Å². The molecule has 7 heteroatoms. The van der Waals surface area contributed by atoms with Gasteiger partial charge in [0.25, 0.3) is 5.91 Å². The van der Waals surface area contributed by atoms with Gasteiger partial charge in [-0.15, -0.1) is 0 Å². The minimum atomic E-state index is -0.824. The van der Waals surface area contributed by atoms with Crippen LogP contribution in [0.3, 0.4) is 0 Å². The summed E-state index contributed by atoms with van der Waals surface area (Å²) in [7, 11) is 0. The fourth-order valence-electron chi connectivity index (χ4n) is 3.19. The molecule has 0 aliphatic carbocycles. The van der Waals surface area contributed by atoms with Crippen molar-refractivity contribution in [1.29, 1.82) is 0 Å². The van der Waals surface area contributed by atoms with Gasteiger partial charge in [-0.3, -0.25) is 4.79 Å². The molecule has 0 saturated heterocycles. The molecule has 3 aromatic carbocycles. The molecule has 0 fully saturated rings. The third kappa shape index (κ3) is 5.13. The Morgan fingerprint density at radius 3 is 2.28 bits per heavy atom. The van der Waals surface area contributed by atoms with Gasteiger partial charge in [0, 0.05) is 11.5 Å². The number of nitrogens with zero attached hydrogens (tertiary/aromatic N) is 2. The number of aromatic nitrogens is 2. The first-order valence-corrected chi connectivity index (χ1v) is 10.3. The summed E-state index contributed by atoms with van der Waals surface area (Å²) in [5.74, 6) is 0.246. The van der Waals surface area contributed by atoms with Crippen molar-refractivity contribution in [2.45, 2.75) is 26.2 Å². The number of rotatable bonds is 7. The Morgan fingerprint density at radius 2 is 1.59 bits per heavy atom.